The predicted molar refractivity (Wildman–Crippen MR) is 105 cm³/mol. The largest absolute Gasteiger partial charge is 0.484 e. The summed E-state index contributed by atoms with van der Waals surface area (Å²) in [7, 11) is 1.95. The third kappa shape index (κ3) is 3.82. The summed E-state index contributed by atoms with van der Waals surface area (Å²) < 4.78 is 10.5. The Labute approximate surface area is 164 Å². The number of para-hydroxylation sites is 1. The minimum atomic E-state index is 0.351. The Balaban J connectivity index is 1.48. The van der Waals surface area contributed by atoms with E-state index in [9.17, 15) is 0 Å². The molecule has 26 heavy (non-hydrogen) atoms. The standard InChI is InChI=1S/C19H25ClN4OS/c1-22-18(12-25-17-9-5-4-8-16(17)20)21-24(19(22)26)13-23(15-10-11-15)14-6-2-3-7-14/h4-5,8-9,14-15H,2-3,6-7,10-13H2,1H3. The molecule has 2 aromatic rings. The summed E-state index contributed by atoms with van der Waals surface area (Å²) in [5, 5.41) is 5.35. The Morgan fingerprint density at radius 3 is 2.58 bits per heavy atom. The lowest BCUT2D eigenvalue weighted by Gasteiger charge is -2.28. The first-order chi connectivity index (χ1) is 12.6. The van der Waals surface area contributed by atoms with E-state index in [-0.39, 0.29) is 0 Å². The van der Waals surface area contributed by atoms with Crippen LogP contribution in [0, 0.1) is 4.77 Å². The highest BCUT2D eigenvalue weighted by atomic mass is 35.5. The summed E-state index contributed by atoms with van der Waals surface area (Å²) in [6.07, 6.45) is 7.91. The Morgan fingerprint density at radius 1 is 1.19 bits per heavy atom. The fourth-order valence-electron chi connectivity index (χ4n) is 3.78. The van der Waals surface area contributed by atoms with Crippen molar-refractivity contribution in [3.63, 3.8) is 0 Å². The molecule has 2 aliphatic rings. The highest BCUT2D eigenvalue weighted by molar-refractivity contribution is 7.71. The van der Waals surface area contributed by atoms with Crippen molar-refractivity contribution in [2.45, 2.75) is 63.9 Å². The maximum Gasteiger partial charge on any atom is 0.198 e. The molecular weight excluding hydrogens is 368 g/mol. The van der Waals surface area contributed by atoms with E-state index in [1.807, 2.05) is 40.6 Å². The van der Waals surface area contributed by atoms with E-state index in [0.717, 1.165) is 17.3 Å². The third-order valence-electron chi connectivity index (χ3n) is 5.43. The molecule has 0 amide bonds. The lowest BCUT2D eigenvalue weighted by atomic mass is 10.2. The number of benzene rings is 1. The van der Waals surface area contributed by atoms with Crippen LogP contribution in [0.15, 0.2) is 24.3 Å². The molecule has 0 saturated heterocycles. The van der Waals surface area contributed by atoms with Crippen molar-refractivity contribution in [1.82, 2.24) is 19.2 Å². The monoisotopic (exact) mass is 392 g/mol. The molecule has 2 saturated carbocycles. The second kappa shape index (κ2) is 7.71. The zero-order chi connectivity index (χ0) is 18.1. The second-order valence-corrected chi connectivity index (χ2v) is 8.07. The Kier molecular flexibility index (Phi) is 5.34. The van der Waals surface area contributed by atoms with Crippen molar-refractivity contribution in [2.24, 2.45) is 7.05 Å². The molecule has 0 spiro atoms. The number of ether oxygens (including phenoxy) is 1. The molecule has 7 heteroatoms. The van der Waals surface area contributed by atoms with Crippen LogP contribution in [0.1, 0.15) is 44.3 Å². The van der Waals surface area contributed by atoms with Crippen molar-refractivity contribution in [2.75, 3.05) is 0 Å². The summed E-state index contributed by atoms with van der Waals surface area (Å²) >= 11 is 11.8. The lowest BCUT2D eigenvalue weighted by Crippen LogP contribution is -2.37. The number of hydrogen-bond acceptors (Lipinski definition) is 4. The van der Waals surface area contributed by atoms with Crippen LogP contribution in [0.2, 0.25) is 5.02 Å². The normalized spacial score (nSPS) is 18.0. The van der Waals surface area contributed by atoms with Crippen LogP contribution in [0.25, 0.3) is 0 Å². The molecule has 4 rings (SSSR count). The molecule has 1 heterocycles. The van der Waals surface area contributed by atoms with Crippen molar-refractivity contribution < 1.29 is 4.74 Å². The average molecular weight is 393 g/mol. The third-order valence-corrected chi connectivity index (χ3v) is 6.23. The van der Waals surface area contributed by atoms with E-state index in [2.05, 4.69) is 4.90 Å². The van der Waals surface area contributed by atoms with E-state index < -0.39 is 0 Å². The molecule has 0 atom stereocenters. The molecule has 0 radical (unpaired) electrons. The van der Waals surface area contributed by atoms with Gasteiger partial charge in [0.2, 0.25) is 0 Å². The summed E-state index contributed by atoms with van der Waals surface area (Å²) in [6, 6.07) is 8.89. The first-order valence-corrected chi connectivity index (χ1v) is 10.2. The first-order valence-electron chi connectivity index (χ1n) is 9.39. The molecule has 0 bridgehead atoms. The van der Waals surface area contributed by atoms with Gasteiger partial charge in [0.1, 0.15) is 12.4 Å². The van der Waals surface area contributed by atoms with Gasteiger partial charge in [0.15, 0.2) is 10.6 Å². The van der Waals surface area contributed by atoms with Crippen LogP contribution in [-0.2, 0) is 20.3 Å². The van der Waals surface area contributed by atoms with Gasteiger partial charge in [-0.2, -0.15) is 5.10 Å². The Hall–Kier alpha value is -1.37. The maximum absolute atomic E-state index is 6.17. The van der Waals surface area contributed by atoms with Gasteiger partial charge in [-0.05, 0) is 50.0 Å². The van der Waals surface area contributed by atoms with Gasteiger partial charge in [-0.25, -0.2) is 4.68 Å². The molecule has 0 aliphatic heterocycles. The SMILES string of the molecule is Cn1c(COc2ccccc2Cl)nn(CN(C2CCCC2)C2CC2)c1=S. The highest BCUT2D eigenvalue weighted by Gasteiger charge is 2.35. The summed E-state index contributed by atoms with van der Waals surface area (Å²) in [5.74, 6) is 1.48. The molecule has 0 unspecified atom stereocenters. The summed E-state index contributed by atoms with van der Waals surface area (Å²) in [6.45, 7) is 1.14. The zero-order valence-corrected chi connectivity index (χ0v) is 16.7. The van der Waals surface area contributed by atoms with Crippen molar-refractivity contribution in [3.05, 3.63) is 39.9 Å². The van der Waals surface area contributed by atoms with Gasteiger partial charge >= 0.3 is 0 Å². The topological polar surface area (TPSA) is 35.2 Å². The minimum Gasteiger partial charge on any atom is -0.484 e. The molecule has 1 aromatic heterocycles. The fourth-order valence-corrected chi connectivity index (χ4v) is 4.17. The van der Waals surface area contributed by atoms with Gasteiger partial charge in [-0.3, -0.25) is 4.90 Å². The quantitative estimate of drug-likeness (QED) is 0.647. The molecule has 140 valence electrons. The Morgan fingerprint density at radius 2 is 1.88 bits per heavy atom. The summed E-state index contributed by atoms with van der Waals surface area (Å²) in [5.41, 5.74) is 0. The van der Waals surface area contributed by atoms with Crippen LogP contribution in [0.3, 0.4) is 0 Å². The van der Waals surface area contributed by atoms with E-state index in [0.29, 0.717) is 29.5 Å². The number of rotatable bonds is 7. The number of hydrogen-bond donors (Lipinski definition) is 0. The number of aromatic nitrogens is 3. The van der Waals surface area contributed by atoms with Crippen LogP contribution in [-0.4, -0.2) is 31.3 Å². The molecule has 2 fully saturated rings. The molecule has 5 nitrogen and oxygen atoms in total. The van der Waals surface area contributed by atoms with Crippen LogP contribution >= 0.6 is 23.8 Å². The fraction of sp³-hybridized carbons (Fsp3) is 0.579. The first kappa shape index (κ1) is 18.0. The van der Waals surface area contributed by atoms with Gasteiger partial charge in [0.25, 0.3) is 0 Å². The zero-order valence-electron chi connectivity index (χ0n) is 15.1. The predicted octanol–water partition coefficient (Wildman–Crippen LogP) is 4.55. The van der Waals surface area contributed by atoms with Crippen LogP contribution < -0.4 is 4.74 Å². The van der Waals surface area contributed by atoms with E-state index >= 15 is 0 Å². The van der Waals surface area contributed by atoms with Gasteiger partial charge in [0, 0.05) is 19.1 Å². The second-order valence-electron chi connectivity index (χ2n) is 7.30. The van der Waals surface area contributed by atoms with Crippen molar-refractivity contribution >= 4 is 23.8 Å². The molecule has 1 aromatic carbocycles. The highest BCUT2D eigenvalue weighted by Crippen LogP contribution is 2.34. The molecule has 0 N–H and O–H groups in total. The smallest absolute Gasteiger partial charge is 0.198 e. The van der Waals surface area contributed by atoms with Gasteiger partial charge < -0.3 is 9.30 Å². The average Bonchev–Trinajstić information content (AvgIpc) is 3.27. The van der Waals surface area contributed by atoms with Crippen LogP contribution in [0.5, 0.6) is 5.75 Å². The van der Waals surface area contributed by atoms with Crippen LogP contribution in [0.4, 0.5) is 0 Å². The van der Waals surface area contributed by atoms with Crippen molar-refractivity contribution in [3.8, 4) is 5.75 Å². The van der Waals surface area contributed by atoms with E-state index in [4.69, 9.17) is 33.7 Å². The number of halogens is 1. The van der Waals surface area contributed by atoms with Gasteiger partial charge in [-0.15, -0.1) is 0 Å². The Bertz CT molecular complexity index is 823. The maximum atomic E-state index is 6.17. The number of nitrogens with zero attached hydrogens (tertiary/aromatic N) is 4. The van der Waals surface area contributed by atoms with Crippen molar-refractivity contribution in [1.29, 1.82) is 0 Å². The van der Waals surface area contributed by atoms with Gasteiger partial charge in [-0.1, -0.05) is 36.6 Å². The lowest BCUT2D eigenvalue weighted by molar-refractivity contribution is 0.133. The van der Waals surface area contributed by atoms with E-state index in [1.54, 1.807) is 0 Å². The molecular formula is C19H25ClN4OS. The van der Waals surface area contributed by atoms with Gasteiger partial charge in [0.05, 0.1) is 11.7 Å². The minimum absolute atomic E-state index is 0.351. The van der Waals surface area contributed by atoms with E-state index in [1.165, 1.54) is 38.5 Å². The molecule has 2 aliphatic carbocycles. The summed E-state index contributed by atoms with van der Waals surface area (Å²) in [4.78, 5) is 2.62.